The number of aromatic nitrogens is 1. The third-order valence-corrected chi connectivity index (χ3v) is 4.99. The van der Waals surface area contributed by atoms with Crippen LogP contribution in [0.5, 0.6) is 5.75 Å². The molecule has 8 heteroatoms. The van der Waals surface area contributed by atoms with Crippen molar-refractivity contribution in [1.82, 2.24) is 10.3 Å². The van der Waals surface area contributed by atoms with E-state index in [1.165, 1.54) is 12.1 Å². The Kier molecular flexibility index (Phi) is 5.33. The summed E-state index contributed by atoms with van der Waals surface area (Å²) in [4.78, 5) is 3.86. The highest BCUT2D eigenvalue weighted by Gasteiger charge is 2.22. The topological polar surface area (TPSA) is 109 Å². The lowest BCUT2D eigenvalue weighted by atomic mass is 10.0. The molecule has 2 aromatic rings. The van der Waals surface area contributed by atoms with Gasteiger partial charge in [-0.15, -0.1) is 0 Å². The maximum Gasteiger partial charge on any atom is 0.294 e. The van der Waals surface area contributed by atoms with Crippen molar-refractivity contribution in [2.75, 3.05) is 13.1 Å². The van der Waals surface area contributed by atoms with Gasteiger partial charge in [0.25, 0.3) is 10.1 Å². The molecule has 1 aliphatic heterocycles. The van der Waals surface area contributed by atoms with Crippen molar-refractivity contribution in [3.8, 4) is 5.75 Å². The molecule has 134 valence electrons. The molecule has 0 fully saturated rings. The van der Waals surface area contributed by atoms with Crippen molar-refractivity contribution < 1.29 is 22.8 Å². The molecule has 1 aromatic heterocycles. The minimum atomic E-state index is -4.20. The van der Waals surface area contributed by atoms with E-state index in [1.807, 2.05) is 6.07 Å². The second-order valence-corrected chi connectivity index (χ2v) is 7.41. The molecule has 0 saturated carbocycles. The minimum Gasteiger partial charge on any atom is -0.489 e. The summed E-state index contributed by atoms with van der Waals surface area (Å²) in [5.41, 5.74) is 1.52. The first-order valence-electron chi connectivity index (χ1n) is 7.99. The number of aliphatic hydroxyl groups is 1. The third kappa shape index (κ3) is 4.55. The molecule has 0 amide bonds. The number of fused-ring (bicyclic) bond motifs is 1. The molecular formula is C17H20N2O5S. The first-order valence-corrected chi connectivity index (χ1v) is 9.43. The maximum atomic E-state index is 11.2. The van der Waals surface area contributed by atoms with E-state index in [0.717, 1.165) is 17.5 Å². The van der Waals surface area contributed by atoms with Crippen molar-refractivity contribution >= 4 is 10.1 Å². The molecule has 0 unspecified atom stereocenters. The monoisotopic (exact) mass is 364 g/mol. The fourth-order valence-corrected chi connectivity index (χ4v) is 3.33. The van der Waals surface area contributed by atoms with E-state index < -0.39 is 16.2 Å². The number of nitrogens with one attached hydrogen (secondary N) is 1. The lowest BCUT2D eigenvalue weighted by Gasteiger charge is -2.27. The summed E-state index contributed by atoms with van der Waals surface area (Å²) >= 11 is 0. The molecule has 2 heterocycles. The second kappa shape index (κ2) is 7.49. The summed E-state index contributed by atoms with van der Waals surface area (Å²) in [6, 6.07) is 7.94. The maximum absolute atomic E-state index is 11.2. The number of rotatable bonds is 6. The largest absolute Gasteiger partial charge is 0.489 e. The molecule has 0 saturated heterocycles. The van der Waals surface area contributed by atoms with Crippen LogP contribution in [-0.4, -0.2) is 42.3 Å². The van der Waals surface area contributed by atoms with Crippen LogP contribution in [0.25, 0.3) is 0 Å². The van der Waals surface area contributed by atoms with Crippen molar-refractivity contribution in [3.63, 3.8) is 0 Å². The van der Waals surface area contributed by atoms with Crippen LogP contribution in [0.2, 0.25) is 0 Å². The highest BCUT2D eigenvalue weighted by molar-refractivity contribution is 7.85. The van der Waals surface area contributed by atoms with Crippen molar-refractivity contribution in [1.29, 1.82) is 0 Å². The number of aryl methyl sites for hydroxylation is 1. The van der Waals surface area contributed by atoms with Gasteiger partial charge in [-0.25, -0.2) is 0 Å². The molecule has 1 aliphatic rings. The number of nitrogens with zero attached hydrogens (tertiary/aromatic N) is 1. The van der Waals surface area contributed by atoms with Gasteiger partial charge in [0.2, 0.25) is 0 Å². The van der Waals surface area contributed by atoms with Gasteiger partial charge >= 0.3 is 0 Å². The quantitative estimate of drug-likeness (QED) is 0.664. The Morgan fingerprint density at radius 2 is 2.20 bits per heavy atom. The first kappa shape index (κ1) is 17.8. The van der Waals surface area contributed by atoms with Gasteiger partial charge in [-0.1, -0.05) is 6.07 Å². The number of hydrogen-bond acceptors (Lipinski definition) is 6. The van der Waals surface area contributed by atoms with Crippen LogP contribution in [0.15, 0.2) is 47.6 Å². The van der Waals surface area contributed by atoms with Gasteiger partial charge in [-0.05, 0) is 42.7 Å². The van der Waals surface area contributed by atoms with Crippen LogP contribution in [0, 0.1) is 0 Å². The fourth-order valence-electron chi connectivity index (χ4n) is 2.80. The lowest BCUT2D eigenvalue weighted by molar-refractivity contribution is 0.146. The Hall–Kier alpha value is -2.00. The SMILES string of the molecule is O=S(=O)(O)c1ccc2c(c1)CC[C@@H](CNC[C@H](O)c1cccnc1)O2. The van der Waals surface area contributed by atoms with Crippen LogP contribution >= 0.6 is 0 Å². The predicted molar refractivity (Wildman–Crippen MR) is 91.1 cm³/mol. The molecular weight excluding hydrogens is 344 g/mol. The van der Waals surface area contributed by atoms with Gasteiger partial charge in [0.1, 0.15) is 11.9 Å². The second-order valence-electron chi connectivity index (χ2n) is 5.98. The molecule has 0 aliphatic carbocycles. The zero-order valence-corrected chi connectivity index (χ0v) is 14.3. The van der Waals surface area contributed by atoms with Crippen LogP contribution < -0.4 is 10.1 Å². The summed E-state index contributed by atoms with van der Waals surface area (Å²) in [5.74, 6) is 0.623. The fraction of sp³-hybridized carbons (Fsp3) is 0.353. The van der Waals surface area contributed by atoms with Gasteiger partial charge in [0.05, 0.1) is 11.0 Å². The van der Waals surface area contributed by atoms with Crippen molar-refractivity contribution in [2.24, 2.45) is 0 Å². The molecule has 2 atom stereocenters. The summed E-state index contributed by atoms with van der Waals surface area (Å²) in [6.07, 6.45) is 3.97. The average molecular weight is 364 g/mol. The Morgan fingerprint density at radius 3 is 2.92 bits per heavy atom. The lowest BCUT2D eigenvalue weighted by Crippen LogP contribution is -2.36. The summed E-state index contributed by atoms with van der Waals surface area (Å²) < 4.78 is 37.3. The molecule has 1 aromatic carbocycles. The van der Waals surface area contributed by atoms with Crippen LogP contribution in [0.4, 0.5) is 0 Å². The van der Waals surface area contributed by atoms with Crippen LogP contribution in [-0.2, 0) is 16.5 Å². The predicted octanol–water partition coefficient (Wildman–Crippen LogP) is 1.35. The molecule has 0 radical (unpaired) electrons. The average Bonchev–Trinajstić information content (AvgIpc) is 2.61. The van der Waals surface area contributed by atoms with Gasteiger partial charge in [0.15, 0.2) is 0 Å². The first-order chi connectivity index (χ1) is 11.9. The van der Waals surface area contributed by atoms with Gasteiger partial charge < -0.3 is 15.2 Å². The normalized spacial score (nSPS) is 18.2. The summed E-state index contributed by atoms with van der Waals surface area (Å²) in [5, 5.41) is 13.3. The number of ether oxygens (including phenoxy) is 1. The molecule has 0 bridgehead atoms. The van der Waals surface area contributed by atoms with E-state index in [2.05, 4.69) is 10.3 Å². The smallest absolute Gasteiger partial charge is 0.294 e. The van der Waals surface area contributed by atoms with Gasteiger partial charge in [-0.3, -0.25) is 9.54 Å². The molecule has 0 spiro atoms. The van der Waals surface area contributed by atoms with E-state index in [9.17, 15) is 13.5 Å². The minimum absolute atomic E-state index is 0.0646. The van der Waals surface area contributed by atoms with Gasteiger partial charge in [0, 0.05) is 31.0 Å². The number of hydrogen-bond donors (Lipinski definition) is 3. The van der Waals surface area contributed by atoms with E-state index in [4.69, 9.17) is 9.29 Å². The number of pyridine rings is 1. The zero-order valence-electron chi connectivity index (χ0n) is 13.5. The van der Waals surface area contributed by atoms with Crippen LogP contribution in [0.3, 0.4) is 0 Å². The highest BCUT2D eigenvalue weighted by Crippen LogP contribution is 2.29. The van der Waals surface area contributed by atoms with E-state index in [1.54, 1.807) is 24.5 Å². The Morgan fingerprint density at radius 1 is 1.36 bits per heavy atom. The Bertz CT molecular complexity index is 826. The van der Waals surface area contributed by atoms with E-state index >= 15 is 0 Å². The molecule has 3 rings (SSSR count). The van der Waals surface area contributed by atoms with Crippen molar-refractivity contribution in [2.45, 2.75) is 29.9 Å². The van der Waals surface area contributed by atoms with Crippen molar-refractivity contribution in [3.05, 3.63) is 53.9 Å². The highest BCUT2D eigenvalue weighted by atomic mass is 32.2. The van der Waals surface area contributed by atoms with Gasteiger partial charge in [-0.2, -0.15) is 8.42 Å². The number of aliphatic hydroxyl groups excluding tert-OH is 1. The Balaban J connectivity index is 1.53. The molecule has 25 heavy (non-hydrogen) atoms. The standard InChI is InChI=1S/C17H20N2O5S/c20-16(13-2-1-7-18-9-13)11-19-10-14-4-3-12-8-15(25(21,22)23)5-6-17(12)24-14/h1-2,5-9,14,16,19-20H,3-4,10-11H2,(H,21,22,23)/t14-,16-/m0/s1. The zero-order chi connectivity index (χ0) is 17.9. The van der Waals surface area contributed by atoms with E-state index in [-0.39, 0.29) is 11.0 Å². The van der Waals surface area contributed by atoms with E-state index in [0.29, 0.717) is 25.3 Å². The Labute approximate surface area is 146 Å². The molecule has 3 N–H and O–H groups in total. The number of benzene rings is 1. The summed E-state index contributed by atoms with van der Waals surface area (Å²) in [7, 11) is -4.20. The van der Waals surface area contributed by atoms with Crippen LogP contribution in [0.1, 0.15) is 23.7 Å². The molecule has 7 nitrogen and oxygen atoms in total. The third-order valence-electron chi connectivity index (χ3n) is 4.14. The summed E-state index contributed by atoms with van der Waals surface area (Å²) in [6.45, 7) is 0.955.